The number of hydrogen-bond donors (Lipinski definition) is 0. The lowest BCUT2D eigenvalue weighted by Crippen LogP contribution is -2.54. The molecule has 0 aromatic carbocycles. The van der Waals surface area contributed by atoms with Crippen LogP contribution in [-0.2, 0) is 23.4 Å². The average Bonchev–Trinajstić information content (AvgIpc) is 3.21. The Kier molecular flexibility index (Phi) is 12.1. The lowest BCUT2D eigenvalue weighted by Gasteiger charge is -2.47. The first-order valence-electron chi connectivity index (χ1n) is 14.7. The van der Waals surface area contributed by atoms with Crippen LogP contribution in [0.3, 0.4) is 0 Å². The lowest BCUT2D eigenvalue weighted by atomic mass is 9.81. The number of ether oxygens (including phenoxy) is 3. The van der Waals surface area contributed by atoms with Crippen LogP contribution in [-0.4, -0.2) is 68.9 Å². The summed E-state index contributed by atoms with van der Waals surface area (Å²) in [6.45, 7) is 26.9. The summed E-state index contributed by atoms with van der Waals surface area (Å²) in [6.07, 6.45) is 4.37. The van der Waals surface area contributed by atoms with Crippen molar-refractivity contribution in [2.75, 3.05) is 19.8 Å². The summed E-state index contributed by atoms with van der Waals surface area (Å²) >= 11 is 0. The molecule has 2 heterocycles. The molecule has 38 heavy (non-hydrogen) atoms. The molecule has 8 heteroatoms. The highest BCUT2D eigenvalue weighted by Gasteiger charge is 2.47. The van der Waals surface area contributed by atoms with Gasteiger partial charge >= 0.3 is 6.09 Å². The molecule has 0 aliphatic carbocycles. The van der Waals surface area contributed by atoms with Crippen LogP contribution in [0.4, 0.5) is 4.79 Å². The van der Waals surface area contributed by atoms with Crippen LogP contribution in [0.2, 0.25) is 16.6 Å². The third kappa shape index (κ3) is 7.29. The largest absolute Gasteiger partial charge is 0.447 e. The van der Waals surface area contributed by atoms with Gasteiger partial charge in [-0.3, -0.25) is 4.79 Å². The van der Waals surface area contributed by atoms with Crippen LogP contribution in [0.5, 0.6) is 0 Å². The normalized spacial score (nSPS) is 28.6. The SMILES string of the molecule is C=CC[C@@]1(C)O[C@@H](CCCO[Si](C(C)C)(C(C)C)C(C)C)[C@@H](C)C[C@@H]1OCC(=O)N1C(=O)OC[C@@H]1C(C)C. The molecule has 2 saturated heterocycles. The van der Waals surface area contributed by atoms with Crippen LogP contribution in [0.25, 0.3) is 0 Å². The second-order valence-corrected chi connectivity index (χ2v) is 18.4. The Morgan fingerprint density at radius 2 is 1.76 bits per heavy atom. The minimum Gasteiger partial charge on any atom is -0.447 e. The molecule has 0 aromatic rings. The highest BCUT2D eigenvalue weighted by Crippen LogP contribution is 2.43. The first-order chi connectivity index (χ1) is 17.7. The number of imide groups is 1. The van der Waals surface area contributed by atoms with Crippen molar-refractivity contribution in [2.45, 2.75) is 135 Å². The number of carbonyl (C=O) groups is 2. The van der Waals surface area contributed by atoms with Crippen LogP contribution < -0.4 is 0 Å². The van der Waals surface area contributed by atoms with E-state index in [0.717, 1.165) is 25.9 Å². The Hall–Kier alpha value is -1.22. The topological polar surface area (TPSA) is 74.3 Å². The van der Waals surface area contributed by atoms with Crippen molar-refractivity contribution in [3.63, 3.8) is 0 Å². The van der Waals surface area contributed by atoms with E-state index in [1.54, 1.807) is 0 Å². The van der Waals surface area contributed by atoms with E-state index >= 15 is 0 Å². The summed E-state index contributed by atoms with van der Waals surface area (Å²) in [6, 6.07) is -0.254. The molecule has 0 radical (unpaired) electrons. The van der Waals surface area contributed by atoms with E-state index in [0.29, 0.717) is 23.0 Å². The van der Waals surface area contributed by atoms with Gasteiger partial charge in [-0.15, -0.1) is 6.58 Å². The molecule has 2 aliphatic rings. The van der Waals surface area contributed by atoms with Crippen LogP contribution >= 0.6 is 0 Å². The zero-order chi connectivity index (χ0) is 28.8. The van der Waals surface area contributed by atoms with E-state index in [1.807, 2.05) is 19.9 Å². The number of cyclic esters (lactones) is 1. The molecule has 0 N–H and O–H groups in total. The Morgan fingerprint density at radius 1 is 1.16 bits per heavy atom. The fourth-order valence-corrected chi connectivity index (χ4v) is 12.3. The summed E-state index contributed by atoms with van der Waals surface area (Å²) < 4.78 is 24.8. The molecule has 2 rings (SSSR count). The third-order valence-electron chi connectivity index (χ3n) is 8.92. The molecular weight excluding hydrogens is 498 g/mol. The molecular formula is C30H55NO6Si. The lowest BCUT2D eigenvalue weighted by molar-refractivity contribution is -0.215. The quantitative estimate of drug-likeness (QED) is 0.130. The van der Waals surface area contributed by atoms with Gasteiger partial charge in [0.05, 0.1) is 23.9 Å². The van der Waals surface area contributed by atoms with Gasteiger partial charge in [0.2, 0.25) is 0 Å². The summed E-state index contributed by atoms with van der Waals surface area (Å²) in [5, 5.41) is 0. The second-order valence-electron chi connectivity index (χ2n) is 12.9. The first kappa shape index (κ1) is 33.0. The average molecular weight is 554 g/mol. The monoisotopic (exact) mass is 553 g/mol. The van der Waals surface area contributed by atoms with Crippen molar-refractivity contribution >= 4 is 20.3 Å². The number of carbonyl (C=O) groups excluding carboxylic acids is 2. The van der Waals surface area contributed by atoms with Gasteiger partial charge in [-0.2, -0.15) is 0 Å². The minimum atomic E-state index is -1.88. The molecule has 0 aromatic heterocycles. The van der Waals surface area contributed by atoms with E-state index in [-0.39, 0.29) is 49.2 Å². The van der Waals surface area contributed by atoms with Crippen molar-refractivity contribution in [1.82, 2.24) is 4.90 Å². The first-order valence-corrected chi connectivity index (χ1v) is 16.9. The predicted octanol–water partition coefficient (Wildman–Crippen LogP) is 7.11. The Bertz CT molecular complexity index is 778. The summed E-state index contributed by atoms with van der Waals surface area (Å²) in [7, 11) is -1.88. The molecule has 0 spiro atoms. The molecule has 220 valence electrons. The maximum atomic E-state index is 13.0. The van der Waals surface area contributed by atoms with Crippen molar-refractivity contribution in [3.8, 4) is 0 Å². The van der Waals surface area contributed by atoms with Gasteiger partial charge in [-0.05, 0) is 61.1 Å². The number of nitrogens with zero attached hydrogens (tertiary/aromatic N) is 1. The number of rotatable bonds is 14. The fourth-order valence-electron chi connectivity index (χ4n) is 6.82. The zero-order valence-corrected chi connectivity index (χ0v) is 26.7. The van der Waals surface area contributed by atoms with E-state index in [1.165, 1.54) is 4.90 Å². The van der Waals surface area contributed by atoms with Crippen molar-refractivity contribution in [2.24, 2.45) is 11.8 Å². The van der Waals surface area contributed by atoms with Gasteiger partial charge in [-0.25, -0.2) is 9.69 Å². The smallest absolute Gasteiger partial charge is 0.417 e. The Balaban J connectivity index is 2.00. The van der Waals surface area contributed by atoms with Gasteiger partial charge in [0.15, 0.2) is 8.32 Å². The van der Waals surface area contributed by atoms with Gasteiger partial charge in [0.1, 0.15) is 13.2 Å². The third-order valence-corrected chi connectivity index (χ3v) is 15.0. The molecule has 0 unspecified atom stereocenters. The predicted molar refractivity (Wildman–Crippen MR) is 155 cm³/mol. The van der Waals surface area contributed by atoms with Gasteiger partial charge in [0.25, 0.3) is 5.91 Å². The van der Waals surface area contributed by atoms with E-state index in [9.17, 15) is 9.59 Å². The summed E-state index contributed by atoms with van der Waals surface area (Å²) in [5.74, 6) is 0.0382. The van der Waals surface area contributed by atoms with Crippen LogP contribution in [0.15, 0.2) is 12.7 Å². The van der Waals surface area contributed by atoms with Crippen molar-refractivity contribution in [1.29, 1.82) is 0 Å². The zero-order valence-electron chi connectivity index (χ0n) is 25.7. The molecule has 0 bridgehead atoms. The van der Waals surface area contributed by atoms with Crippen LogP contribution in [0.1, 0.15) is 94.9 Å². The molecule has 2 aliphatic heterocycles. The molecule has 0 saturated carbocycles. The van der Waals surface area contributed by atoms with Gasteiger partial charge in [0, 0.05) is 6.61 Å². The number of hydrogen-bond acceptors (Lipinski definition) is 6. The van der Waals surface area contributed by atoms with E-state index < -0.39 is 20.0 Å². The maximum absolute atomic E-state index is 13.0. The van der Waals surface area contributed by atoms with Crippen molar-refractivity contribution in [3.05, 3.63) is 12.7 Å². The number of amides is 2. The Labute approximate surface area is 233 Å². The van der Waals surface area contributed by atoms with Crippen molar-refractivity contribution < 1.29 is 28.2 Å². The van der Waals surface area contributed by atoms with Crippen LogP contribution in [0, 0.1) is 11.8 Å². The van der Waals surface area contributed by atoms with Gasteiger partial charge < -0.3 is 18.6 Å². The fraction of sp³-hybridized carbons (Fsp3) is 0.867. The molecule has 2 fully saturated rings. The highest BCUT2D eigenvalue weighted by atomic mass is 28.4. The Morgan fingerprint density at radius 3 is 2.29 bits per heavy atom. The molecule has 2 amide bonds. The van der Waals surface area contributed by atoms with Gasteiger partial charge in [-0.1, -0.05) is 68.4 Å². The minimum absolute atomic E-state index is 0.0891. The van der Waals surface area contributed by atoms with E-state index in [2.05, 4.69) is 62.0 Å². The standard InChI is InChI=1S/C30H55NO6Si/c1-12-15-30(11)27(34-19-28(32)31-25(20(2)3)18-35-29(31)33)17-24(10)26(37-30)14-13-16-36-38(21(4)5,22(6)7)23(8)9/h12,20-27H,1,13-19H2,2-11H3/t24-,25+,26-,27-,30+/m0/s1. The molecule has 5 atom stereocenters. The summed E-state index contributed by atoms with van der Waals surface area (Å²) in [5.41, 5.74) is 1.13. The molecule has 7 nitrogen and oxygen atoms in total. The second kappa shape index (κ2) is 13.9. The maximum Gasteiger partial charge on any atom is 0.417 e. The summed E-state index contributed by atoms with van der Waals surface area (Å²) in [4.78, 5) is 26.4. The highest BCUT2D eigenvalue weighted by molar-refractivity contribution is 6.77. The van der Waals surface area contributed by atoms with E-state index in [4.69, 9.17) is 18.6 Å².